The summed E-state index contributed by atoms with van der Waals surface area (Å²) >= 11 is 0. The zero-order valence-electron chi connectivity index (χ0n) is 10.9. The first-order valence-corrected chi connectivity index (χ1v) is 6.92. The van der Waals surface area contributed by atoms with Crippen LogP contribution in [0, 0.1) is 5.92 Å². The normalized spacial score (nSPS) is 22.6. The van der Waals surface area contributed by atoms with Crippen LogP contribution < -0.4 is 10.6 Å². The van der Waals surface area contributed by atoms with Crippen LogP contribution in [0.5, 0.6) is 0 Å². The van der Waals surface area contributed by atoms with Gasteiger partial charge in [-0.25, -0.2) is 0 Å². The fourth-order valence-electron chi connectivity index (χ4n) is 2.29. The molecule has 0 aromatic rings. The molecule has 1 amide bonds. The molecule has 2 fully saturated rings. The van der Waals surface area contributed by atoms with Crippen molar-refractivity contribution in [2.24, 2.45) is 5.92 Å². The minimum absolute atomic E-state index is 0.206. The van der Waals surface area contributed by atoms with Crippen molar-refractivity contribution in [2.45, 2.75) is 38.1 Å². The molecule has 0 unspecified atom stereocenters. The first-order chi connectivity index (χ1) is 8.24. The van der Waals surface area contributed by atoms with Crippen molar-refractivity contribution in [1.82, 2.24) is 15.5 Å². The number of carbonyl (C=O) groups excluding carboxylic acids is 1. The highest BCUT2D eigenvalue weighted by atomic mass is 16.1. The summed E-state index contributed by atoms with van der Waals surface area (Å²) < 4.78 is 0. The standard InChI is InChI=1S/C13H25N3O/c1-16-8-5-11(6-9-16)10-15-13(17)4-7-14-12-2-3-12/h11-12,14H,2-10H2,1H3,(H,15,17). The lowest BCUT2D eigenvalue weighted by Gasteiger charge is -2.28. The lowest BCUT2D eigenvalue weighted by molar-refractivity contribution is -0.121. The Hall–Kier alpha value is -0.610. The highest BCUT2D eigenvalue weighted by molar-refractivity contribution is 5.76. The third kappa shape index (κ3) is 5.04. The van der Waals surface area contributed by atoms with E-state index in [-0.39, 0.29) is 5.91 Å². The van der Waals surface area contributed by atoms with Gasteiger partial charge in [0, 0.05) is 25.6 Å². The molecule has 2 aliphatic rings. The van der Waals surface area contributed by atoms with E-state index in [0.29, 0.717) is 18.4 Å². The predicted molar refractivity (Wildman–Crippen MR) is 68.9 cm³/mol. The Labute approximate surface area is 104 Å². The Bertz CT molecular complexity index is 245. The number of hydrogen-bond donors (Lipinski definition) is 2. The van der Waals surface area contributed by atoms with Gasteiger partial charge in [0.2, 0.25) is 5.91 Å². The van der Waals surface area contributed by atoms with Crippen molar-refractivity contribution in [3.8, 4) is 0 Å². The molecule has 2 rings (SSSR count). The molecule has 4 heteroatoms. The lowest BCUT2D eigenvalue weighted by Crippen LogP contribution is -2.37. The zero-order chi connectivity index (χ0) is 12.1. The van der Waals surface area contributed by atoms with Gasteiger partial charge in [0.25, 0.3) is 0 Å². The second kappa shape index (κ2) is 6.36. The van der Waals surface area contributed by atoms with Crippen LogP contribution >= 0.6 is 0 Å². The van der Waals surface area contributed by atoms with Crippen LogP contribution in [0.3, 0.4) is 0 Å². The third-order valence-electron chi connectivity index (χ3n) is 3.79. The number of hydrogen-bond acceptors (Lipinski definition) is 3. The van der Waals surface area contributed by atoms with Crippen molar-refractivity contribution in [3.63, 3.8) is 0 Å². The Morgan fingerprint density at radius 1 is 1.24 bits per heavy atom. The highest BCUT2D eigenvalue weighted by Crippen LogP contribution is 2.18. The molecule has 0 aromatic heterocycles. The van der Waals surface area contributed by atoms with E-state index in [0.717, 1.165) is 13.1 Å². The molecule has 0 atom stereocenters. The van der Waals surface area contributed by atoms with Crippen molar-refractivity contribution in [2.75, 3.05) is 33.2 Å². The average molecular weight is 239 g/mol. The number of nitrogens with zero attached hydrogens (tertiary/aromatic N) is 1. The maximum Gasteiger partial charge on any atom is 0.221 e. The number of piperidine rings is 1. The number of rotatable bonds is 6. The minimum atomic E-state index is 0.206. The summed E-state index contributed by atoms with van der Waals surface area (Å²) in [5, 5.41) is 6.43. The third-order valence-corrected chi connectivity index (χ3v) is 3.79. The zero-order valence-corrected chi connectivity index (χ0v) is 10.9. The fourth-order valence-corrected chi connectivity index (χ4v) is 2.29. The molecule has 1 heterocycles. The number of likely N-dealkylation sites (tertiary alicyclic amines) is 1. The summed E-state index contributed by atoms with van der Waals surface area (Å²) in [7, 11) is 2.17. The van der Waals surface area contributed by atoms with Gasteiger partial charge in [0.1, 0.15) is 0 Å². The molecule has 0 radical (unpaired) electrons. The van der Waals surface area contributed by atoms with Gasteiger partial charge in [0.15, 0.2) is 0 Å². The van der Waals surface area contributed by atoms with Crippen LogP contribution in [0.15, 0.2) is 0 Å². The second-order valence-electron chi connectivity index (χ2n) is 5.53. The van der Waals surface area contributed by atoms with E-state index in [1.54, 1.807) is 0 Å². The largest absolute Gasteiger partial charge is 0.356 e. The monoisotopic (exact) mass is 239 g/mol. The Kier molecular flexibility index (Phi) is 4.80. The topological polar surface area (TPSA) is 44.4 Å². The Morgan fingerprint density at radius 3 is 2.59 bits per heavy atom. The molecule has 0 bridgehead atoms. The van der Waals surface area contributed by atoms with E-state index in [4.69, 9.17) is 0 Å². The van der Waals surface area contributed by atoms with Crippen molar-refractivity contribution >= 4 is 5.91 Å². The van der Waals surface area contributed by atoms with Crippen LogP contribution in [0.2, 0.25) is 0 Å². The summed E-state index contributed by atoms with van der Waals surface area (Å²) in [6, 6.07) is 0.705. The molecule has 0 aromatic carbocycles. The molecule has 1 aliphatic heterocycles. The van der Waals surface area contributed by atoms with E-state index >= 15 is 0 Å². The SMILES string of the molecule is CN1CCC(CNC(=O)CCNC2CC2)CC1. The summed E-state index contributed by atoms with van der Waals surface area (Å²) in [5.41, 5.74) is 0. The molecule has 2 N–H and O–H groups in total. The number of nitrogens with one attached hydrogen (secondary N) is 2. The van der Waals surface area contributed by atoms with Crippen molar-refractivity contribution in [1.29, 1.82) is 0 Å². The molecular formula is C13H25N3O. The van der Waals surface area contributed by atoms with Gasteiger partial charge >= 0.3 is 0 Å². The molecule has 17 heavy (non-hydrogen) atoms. The maximum absolute atomic E-state index is 11.6. The fraction of sp³-hybridized carbons (Fsp3) is 0.923. The van der Waals surface area contributed by atoms with Crippen molar-refractivity contribution < 1.29 is 4.79 Å². The Balaban J connectivity index is 1.49. The smallest absolute Gasteiger partial charge is 0.221 e. The second-order valence-corrected chi connectivity index (χ2v) is 5.53. The van der Waals surface area contributed by atoms with Gasteiger partial charge in [-0.1, -0.05) is 0 Å². The quantitative estimate of drug-likeness (QED) is 0.713. The first kappa shape index (κ1) is 12.8. The van der Waals surface area contributed by atoms with E-state index < -0.39 is 0 Å². The summed E-state index contributed by atoms with van der Waals surface area (Å²) in [4.78, 5) is 13.9. The average Bonchev–Trinajstić information content (AvgIpc) is 3.12. The van der Waals surface area contributed by atoms with Gasteiger partial charge in [-0.3, -0.25) is 4.79 Å². The predicted octanol–water partition coefficient (Wildman–Crippen LogP) is 0.587. The number of carbonyl (C=O) groups is 1. The van der Waals surface area contributed by atoms with Gasteiger partial charge < -0.3 is 15.5 Å². The summed E-state index contributed by atoms with van der Waals surface area (Å²) in [6.45, 7) is 4.05. The number of amides is 1. The van der Waals surface area contributed by atoms with E-state index in [1.165, 1.54) is 38.8 Å². The van der Waals surface area contributed by atoms with Crippen LogP contribution in [-0.4, -0.2) is 50.1 Å². The van der Waals surface area contributed by atoms with E-state index in [2.05, 4.69) is 22.6 Å². The molecule has 0 spiro atoms. The molecule has 98 valence electrons. The van der Waals surface area contributed by atoms with E-state index in [9.17, 15) is 4.79 Å². The van der Waals surface area contributed by atoms with Crippen LogP contribution in [0.1, 0.15) is 32.1 Å². The maximum atomic E-state index is 11.6. The highest BCUT2D eigenvalue weighted by Gasteiger charge is 2.20. The Morgan fingerprint density at radius 2 is 1.94 bits per heavy atom. The molecule has 1 aliphatic carbocycles. The van der Waals surface area contributed by atoms with Gasteiger partial charge in [-0.15, -0.1) is 0 Å². The molecule has 1 saturated carbocycles. The first-order valence-electron chi connectivity index (χ1n) is 6.92. The van der Waals surface area contributed by atoms with Crippen molar-refractivity contribution in [3.05, 3.63) is 0 Å². The minimum Gasteiger partial charge on any atom is -0.356 e. The van der Waals surface area contributed by atoms with Crippen LogP contribution in [-0.2, 0) is 4.79 Å². The van der Waals surface area contributed by atoms with Crippen LogP contribution in [0.4, 0.5) is 0 Å². The van der Waals surface area contributed by atoms with E-state index in [1.807, 2.05) is 0 Å². The van der Waals surface area contributed by atoms with Crippen LogP contribution in [0.25, 0.3) is 0 Å². The van der Waals surface area contributed by atoms with Gasteiger partial charge in [-0.05, 0) is 51.7 Å². The summed E-state index contributed by atoms with van der Waals surface area (Å²) in [6.07, 6.45) is 5.64. The molecular weight excluding hydrogens is 214 g/mol. The molecule has 4 nitrogen and oxygen atoms in total. The molecule has 1 saturated heterocycles. The summed E-state index contributed by atoms with van der Waals surface area (Å²) in [5.74, 6) is 0.892. The van der Waals surface area contributed by atoms with Gasteiger partial charge in [0.05, 0.1) is 0 Å². The lowest BCUT2D eigenvalue weighted by atomic mass is 9.97. The van der Waals surface area contributed by atoms with Gasteiger partial charge in [-0.2, -0.15) is 0 Å².